The van der Waals surface area contributed by atoms with E-state index in [0.717, 1.165) is 21.8 Å². The third-order valence-electron chi connectivity index (χ3n) is 3.04. The number of aryl methyl sites for hydroxylation is 1. The average molecular weight is 224 g/mol. The highest BCUT2D eigenvalue weighted by Crippen LogP contribution is 2.21. The Labute approximate surface area is 98.3 Å². The lowest BCUT2D eigenvalue weighted by Crippen LogP contribution is -2.18. The highest BCUT2D eigenvalue weighted by molar-refractivity contribution is 6.02. The van der Waals surface area contributed by atoms with E-state index in [-0.39, 0.29) is 5.56 Å². The Bertz CT molecular complexity index is 759. The average Bonchev–Trinajstić information content (AvgIpc) is 2.38. The Morgan fingerprint density at radius 2 is 1.88 bits per heavy atom. The molecule has 3 heteroatoms. The van der Waals surface area contributed by atoms with E-state index in [0.29, 0.717) is 6.54 Å². The SMILES string of the molecule is CCn1c(=O)ccc2ccc3cccnc3c21. The minimum absolute atomic E-state index is 0.0261. The molecule has 0 bridgehead atoms. The van der Waals surface area contributed by atoms with Gasteiger partial charge in [0.05, 0.1) is 11.0 Å². The molecule has 2 aromatic heterocycles. The number of rotatable bonds is 1. The van der Waals surface area contributed by atoms with Crippen LogP contribution in [0, 0.1) is 0 Å². The maximum absolute atomic E-state index is 11.8. The molecule has 2 heterocycles. The van der Waals surface area contributed by atoms with E-state index < -0.39 is 0 Å². The third kappa shape index (κ3) is 1.43. The van der Waals surface area contributed by atoms with Crippen molar-refractivity contribution in [3.63, 3.8) is 0 Å². The zero-order valence-corrected chi connectivity index (χ0v) is 9.55. The monoisotopic (exact) mass is 224 g/mol. The van der Waals surface area contributed by atoms with Gasteiger partial charge in [0, 0.05) is 29.6 Å². The predicted molar refractivity (Wildman–Crippen MR) is 69.2 cm³/mol. The van der Waals surface area contributed by atoms with Gasteiger partial charge in [0.15, 0.2) is 0 Å². The van der Waals surface area contributed by atoms with Crippen LogP contribution in [0.3, 0.4) is 0 Å². The van der Waals surface area contributed by atoms with E-state index >= 15 is 0 Å². The lowest BCUT2D eigenvalue weighted by molar-refractivity contribution is 0.761. The highest BCUT2D eigenvalue weighted by atomic mass is 16.1. The molecule has 0 aliphatic heterocycles. The largest absolute Gasteiger partial charge is 0.306 e. The summed E-state index contributed by atoms with van der Waals surface area (Å²) in [6.45, 7) is 2.63. The Morgan fingerprint density at radius 3 is 2.71 bits per heavy atom. The minimum atomic E-state index is 0.0261. The second kappa shape index (κ2) is 3.70. The molecule has 3 rings (SSSR count). The molecule has 0 amide bonds. The molecule has 0 saturated carbocycles. The second-order valence-corrected chi connectivity index (χ2v) is 3.99. The molecule has 0 unspecified atom stereocenters. The second-order valence-electron chi connectivity index (χ2n) is 3.99. The standard InChI is InChI=1S/C14H12N2O/c1-2-16-12(17)8-7-11-6-5-10-4-3-9-15-13(10)14(11)16/h3-9H,2H2,1H3. The Kier molecular flexibility index (Phi) is 2.18. The predicted octanol–water partition coefficient (Wildman–Crippen LogP) is 2.57. The van der Waals surface area contributed by atoms with Crippen molar-refractivity contribution in [2.24, 2.45) is 0 Å². The molecule has 84 valence electrons. The lowest BCUT2D eigenvalue weighted by atomic mass is 10.1. The Hall–Kier alpha value is -2.16. The fraction of sp³-hybridized carbons (Fsp3) is 0.143. The number of benzene rings is 1. The summed E-state index contributed by atoms with van der Waals surface area (Å²) < 4.78 is 1.77. The fourth-order valence-electron chi connectivity index (χ4n) is 2.24. The summed E-state index contributed by atoms with van der Waals surface area (Å²) in [6.07, 6.45) is 1.76. The van der Waals surface area contributed by atoms with Crippen molar-refractivity contribution in [1.29, 1.82) is 0 Å². The molecular weight excluding hydrogens is 212 g/mol. The van der Waals surface area contributed by atoms with Crippen molar-refractivity contribution < 1.29 is 0 Å². The van der Waals surface area contributed by atoms with E-state index in [1.807, 2.05) is 37.3 Å². The first-order valence-electron chi connectivity index (χ1n) is 5.68. The van der Waals surface area contributed by atoms with Gasteiger partial charge in [-0.2, -0.15) is 0 Å². The smallest absolute Gasteiger partial charge is 0.251 e. The van der Waals surface area contributed by atoms with Crippen molar-refractivity contribution >= 4 is 21.8 Å². The lowest BCUT2D eigenvalue weighted by Gasteiger charge is -2.09. The molecule has 0 fully saturated rings. The van der Waals surface area contributed by atoms with Gasteiger partial charge in [0.2, 0.25) is 0 Å². The summed E-state index contributed by atoms with van der Waals surface area (Å²) in [7, 11) is 0. The number of pyridine rings is 2. The van der Waals surface area contributed by atoms with Gasteiger partial charge in [-0.05, 0) is 19.1 Å². The first-order chi connectivity index (χ1) is 8.31. The van der Waals surface area contributed by atoms with Crippen LogP contribution in [0.25, 0.3) is 21.8 Å². The number of hydrogen-bond acceptors (Lipinski definition) is 2. The maximum atomic E-state index is 11.8. The van der Waals surface area contributed by atoms with Crippen LogP contribution in [0.4, 0.5) is 0 Å². The van der Waals surface area contributed by atoms with Gasteiger partial charge in [-0.15, -0.1) is 0 Å². The Balaban J connectivity index is 2.64. The molecule has 17 heavy (non-hydrogen) atoms. The molecule has 0 aliphatic rings. The summed E-state index contributed by atoms with van der Waals surface area (Å²) in [6, 6.07) is 11.5. The van der Waals surface area contributed by atoms with E-state index in [2.05, 4.69) is 4.98 Å². The van der Waals surface area contributed by atoms with Crippen LogP contribution in [-0.4, -0.2) is 9.55 Å². The van der Waals surface area contributed by atoms with Crippen molar-refractivity contribution in [1.82, 2.24) is 9.55 Å². The third-order valence-corrected chi connectivity index (χ3v) is 3.04. The van der Waals surface area contributed by atoms with E-state index in [9.17, 15) is 4.79 Å². The van der Waals surface area contributed by atoms with E-state index in [1.165, 1.54) is 0 Å². The van der Waals surface area contributed by atoms with Gasteiger partial charge in [-0.25, -0.2) is 0 Å². The molecule has 3 aromatic rings. The molecule has 1 aromatic carbocycles. The molecule has 0 spiro atoms. The van der Waals surface area contributed by atoms with Gasteiger partial charge in [-0.1, -0.05) is 18.2 Å². The van der Waals surface area contributed by atoms with Gasteiger partial charge >= 0.3 is 0 Å². The topological polar surface area (TPSA) is 34.9 Å². The van der Waals surface area contributed by atoms with Crippen LogP contribution in [0.2, 0.25) is 0 Å². The van der Waals surface area contributed by atoms with Crippen molar-refractivity contribution in [2.45, 2.75) is 13.5 Å². The molecule has 3 nitrogen and oxygen atoms in total. The van der Waals surface area contributed by atoms with Gasteiger partial charge in [0.1, 0.15) is 0 Å². The minimum Gasteiger partial charge on any atom is -0.306 e. The number of nitrogens with zero attached hydrogens (tertiary/aromatic N) is 2. The Morgan fingerprint density at radius 1 is 1.12 bits per heavy atom. The molecule has 0 aliphatic carbocycles. The van der Waals surface area contributed by atoms with E-state index in [1.54, 1.807) is 16.8 Å². The quantitative estimate of drug-likeness (QED) is 0.595. The van der Waals surface area contributed by atoms with Gasteiger partial charge in [-0.3, -0.25) is 9.78 Å². The van der Waals surface area contributed by atoms with Crippen molar-refractivity contribution in [3.8, 4) is 0 Å². The zero-order valence-electron chi connectivity index (χ0n) is 9.55. The summed E-state index contributed by atoms with van der Waals surface area (Å²) >= 11 is 0. The van der Waals surface area contributed by atoms with Crippen molar-refractivity contribution in [3.05, 3.63) is 52.9 Å². The van der Waals surface area contributed by atoms with Crippen LogP contribution < -0.4 is 5.56 Å². The van der Waals surface area contributed by atoms with Crippen LogP contribution in [0.15, 0.2) is 47.4 Å². The number of hydrogen-bond donors (Lipinski definition) is 0. The summed E-state index contributed by atoms with van der Waals surface area (Å²) in [5, 5.41) is 2.12. The molecule has 0 radical (unpaired) electrons. The number of aromatic nitrogens is 2. The fourth-order valence-corrected chi connectivity index (χ4v) is 2.24. The van der Waals surface area contributed by atoms with Gasteiger partial charge < -0.3 is 4.57 Å². The van der Waals surface area contributed by atoms with Crippen LogP contribution >= 0.6 is 0 Å². The zero-order chi connectivity index (χ0) is 11.8. The van der Waals surface area contributed by atoms with Crippen LogP contribution in [0.5, 0.6) is 0 Å². The molecule has 0 saturated heterocycles. The van der Waals surface area contributed by atoms with Crippen LogP contribution in [-0.2, 0) is 6.54 Å². The first kappa shape index (κ1) is 10.0. The molecule has 0 atom stereocenters. The van der Waals surface area contributed by atoms with Crippen LogP contribution in [0.1, 0.15) is 6.92 Å². The van der Waals surface area contributed by atoms with Crippen molar-refractivity contribution in [2.75, 3.05) is 0 Å². The number of fused-ring (bicyclic) bond motifs is 3. The first-order valence-corrected chi connectivity index (χ1v) is 5.68. The summed E-state index contributed by atoms with van der Waals surface area (Å²) in [5.74, 6) is 0. The van der Waals surface area contributed by atoms with E-state index in [4.69, 9.17) is 0 Å². The molecule has 0 N–H and O–H groups in total. The maximum Gasteiger partial charge on any atom is 0.251 e. The molecular formula is C14H12N2O. The summed E-state index contributed by atoms with van der Waals surface area (Å²) in [5.41, 5.74) is 1.85. The van der Waals surface area contributed by atoms with Gasteiger partial charge in [0.25, 0.3) is 5.56 Å². The highest BCUT2D eigenvalue weighted by Gasteiger charge is 2.06. The normalized spacial score (nSPS) is 11.1. The summed E-state index contributed by atoms with van der Waals surface area (Å²) in [4.78, 5) is 16.2.